The van der Waals surface area contributed by atoms with Crippen LogP contribution in [0.2, 0.25) is 0 Å². The fourth-order valence-electron chi connectivity index (χ4n) is 1.46. The molecule has 0 radical (unpaired) electrons. The SMILES string of the molecule is CC(C)NC(=O)C(=O)Nc1cc(F)ccc1OC(C)C. The molecule has 1 aromatic rings. The molecule has 0 atom stereocenters. The van der Waals surface area contributed by atoms with E-state index in [9.17, 15) is 14.0 Å². The van der Waals surface area contributed by atoms with Crippen LogP contribution in [0.4, 0.5) is 10.1 Å². The first-order valence-corrected chi connectivity index (χ1v) is 6.37. The zero-order valence-electron chi connectivity index (χ0n) is 12.0. The Morgan fingerprint density at radius 2 is 1.80 bits per heavy atom. The molecule has 0 heterocycles. The lowest BCUT2D eigenvalue weighted by Gasteiger charge is -2.15. The molecule has 0 saturated carbocycles. The number of carbonyl (C=O) groups is 2. The molecule has 2 amide bonds. The van der Waals surface area contributed by atoms with Gasteiger partial charge in [-0.3, -0.25) is 9.59 Å². The third kappa shape index (κ3) is 4.87. The molecule has 0 spiro atoms. The lowest BCUT2D eigenvalue weighted by atomic mass is 10.2. The Morgan fingerprint density at radius 1 is 1.15 bits per heavy atom. The molecule has 6 heteroatoms. The quantitative estimate of drug-likeness (QED) is 0.831. The number of halogens is 1. The van der Waals surface area contributed by atoms with E-state index in [1.807, 2.05) is 0 Å². The summed E-state index contributed by atoms with van der Waals surface area (Å²) in [6, 6.07) is 3.58. The highest BCUT2D eigenvalue weighted by Crippen LogP contribution is 2.26. The van der Waals surface area contributed by atoms with E-state index in [0.717, 1.165) is 6.07 Å². The fraction of sp³-hybridized carbons (Fsp3) is 0.429. The van der Waals surface area contributed by atoms with Gasteiger partial charge in [-0.15, -0.1) is 0 Å². The second kappa shape index (κ2) is 6.88. The molecule has 0 aromatic heterocycles. The van der Waals surface area contributed by atoms with Gasteiger partial charge in [0.25, 0.3) is 0 Å². The third-order valence-corrected chi connectivity index (χ3v) is 2.18. The van der Waals surface area contributed by atoms with E-state index in [4.69, 9.17) is 4.74 Å². The van der Waals surface area contributed by atoms with Crippen LogP contribution in [0.1, 0.15) is 27.7 Å². The van der Waals surface area contributed by atoms with Gasteiger partial charge < -0.3 is 15.4 Å². The molecule has 20 heavy (non-hydrogen) atoms. The Bertz CT molecular complexity index is 501. The van der Waals surface area contributed by atoms with Crippen molar-refractivity contribution < 1.29 is 18.7 Å². The summed E-state index contributed by atoms with van der Waals surface area (Å²) in [6.07, 6.45) is -0.138. The van der Waals surface area contributed by atoms with E-state index >= 15 is 0 Å². The molecule has 0 aliphatic rings. The lowest BCUT2D eigenvalue weighted by Crippen LogP contribution is -2.39. The van der Waals surface area contributed by atoms with Crippen LogP contribution in [0.5, 0.6) is 5.75 Å². The first kappa shape index (κ1) is 15.9. The number of rotatable bonds is 4. The summed E-state index contributed by atoms with van der Waals surface area (Å²) in [5.41, 5.74) is 0.127. The van der Waals surface area contributed by atoms with Gasteiger partial charge in [0.15, 0.2) is 0 Å². The summed E-state index contributed by atoms with van der Waals surface area (Å²) in [7, 11) is 0. The van der Waals surface area contributed by atoms with E-state index < -0.39 is 17.6 Å². The molecule has 5 nitrogen and oxygen atoms in total. The maximum Gasteiger partial charge on any atom is 0.313 e. The molecule has 2 N–H and O–H groups in total. The van der Waals surface area contributed by atoms with Crippen LogP contribution in [0.25, 0.3) is 0 Å². The van der Waals surface area contributed by atoms with Crippen molar-refractivity contribution in [3.05, 3.63) is 24.0 Å². The number of amides is 2. The predicted octanol–water partition coefficient (Wildman–Crippen LogP) is 2.08. The van der Waals surface area contributed by atoms with E-state index in [1.165, 1.54) is 12.1 Å². The van der Waals surface area contributed by atoms with Gasteiger partial charge in [-0.2, -0.15) is 0 Å². The molecule has 0 fully saturated rings. The molecule has 0 bridgehead atoms. The number of anilines is 1. The van der Waals surface area contributed by atoms with E-state index in [2.05, 4.69) is 10.6 Å². The molecule has 0 saturated heterocycles. The van der Waals surface area contributed by atoms with E-state index in [-0.39, 0.29) is 17.8 Å². The topological polar surface area (TPSA) is 67.4 Å². The molecule has 0 aliphatic carbocycles. The standard InChI is InChI=1S/C14H19FN2O3/c1-8(2)16-13(18)14(19)17-11-7-10(15)5-6-12(11)20-9(3)4/h5-9H,1-4H3,(H,16,18)(H,17,19). The van der Waals surface area contributed by atoms with Gasteiger partial charge in [-0.25, -0.2) is 4.39 Å². The maximum atomic E-state index is 13.2. The highest BCUT2D eigenvalue weighted by atomic mass is 19.1. The minimum atomic E-state index is -0.863. The summed E-state index contributed by atoms with van der Waals surface area (Å²) < 4.78 is 18.7. The van der Waals surface area contributed by atoms with Crippen LogP contribution in [-0.4, -0.2) is 24.0 Å². The Balaban J connectivity index is 2.87. The van der Waals surface area contributed by atoms with Gasteiger partial charge in [-0.05, 0) is 39.8 Å². The molecular weight excluding hydrogens is 263 g/mol. The van der Waals surface area contributed by atoms with Gasteiger partial charge >= 0.3 is 11.8 Å². The minimum Gasteiger partial charge on any atom is -0.489 e. The summed E-state index contributed by atoms with van der Waals surface area (Å²) in [4.78, 5) is 23.2. The Hall–Kier alpha value is -2.11. The number of nitrogens with one attached hydrogen (secondary N) is 2. The molecule has 0 unspecified atom stereocenters. The molecule has 1 aromatic carbocycles. The summed E-state index contributed by atoms with van der Waals surface area (Å²) in [5.74, 6) is -1.86. The van der Waals surface area contributed by atoms with Crippen molar-refractivity contribution in [3.8, 4) is 5.75 Å². The van der Waals surface area contributed by atoms with E-state index in [1.54, 1.807) is 27.7 Å². The van der Waals surface area contributed by atoms with Crippen LogP contribution >= 0.6 is 0 Å². The number of hydrogen-bond acceptors (Lipinski definition) is 3. The number of benzene rings is 1. The van der Waals surface area contributed by atoms with Gasteiger partial charge in [-0.1, -0.05) is 0 Å². The van der Waals surface area contributed by atoms with Crippen LogP contribution < -0.4 is 15.4 Å². The van der Waals surface area contributed by atoms with Crippen molar-refractivity contribution in [2.24, 2.45) is 0 Å². The second-order valence-electron chi connectivity index (χ2n) is 4.89. The molecule has 0 aliphatic heterocycles. The Morgan fingerprint density at radius 3 is 2.35 bits per heavy atom. The Kier molecular flexibility index (Phi) is 5.49. The van der Waals surface area contributed by atoms with Crippen LogP contribution in [0.3, 0.4) is 0 Å². The maximum absolute atomic E-state index is 13.2. The van der Waals surface area contributed by atoms with Crippen LogP contribution in [0.15, 0.2) is 18.2 Å². The highest BCUT2D eigenvalue weighted by Gasteiger charge is 2.17. The summed E-state index contributed by atoms with van der Waals surface area (Å²) in [6.45, 7) is 7.09. The molecule has 110 valence electrons. The van der Waals surface area contributed by atoms with Crippen molar-refractivity contribution in [1.29, 1.82) is 0 Å². The third-order valence-electron chi connectivity index (χ3n) is 2.18. The minimum absolute atomic E-state index is 0.127. The van der Waals surface area contributed by atoms with Gasteiger partial charge in [0, 0.05) is 12.1 Å². The first-order valence-electron chi connectivity index (χ1n) is 6.37. The summed E-state index contributed by atoms with van der Waals surface area (Å²) in [5, 5.41) is 4.80. The first-order chi connectivity index (χ1) is 9.29. The van der Waals surface area contributed by atoms with Crippen molar-refractivity contribution in [2.75, 3.05) is 5.32 Å². The largest absolute Gasteiger partial charge is 0.489 e. The van der Waals surface area contributed by atoms with Crippen molar-refractivity contribution >= 4 is 17.5 Å². The average molecular weight is 282 g/mol. The van der Waals surface area contributed by atoms with Gasteiger partial charge in [0.1, 0.15) is 11.6 Å². The highest BCUT2D eigenvalue weighted by molar-refractivity contribution is 6.39. The van der Waals surface area contributed by atoms with Crippen molar-refractivity contribution in [1.82, 2.24) is 5.32 Å². The monoisotopic (exact) mass is 282 g/mol. The van der Waals surface area contributed by atoms with Crippen LogP contribution in [-0.2, 0) is 9.59 Å². The molecular formula is C14H19FN2O3. The lowest BCUT2D eigenvalue weighted by molar-refractivity contribution is -0.136. The van der Waals surface area contributed by atoms with Gasteiger partial charge in [0.05, 0.1) is 11.8 Å². The van der Waals surface area contributed by atoms with E-state index in [0.29, 0.717) is 5.75 Å². The predicted molar refractivity (Wildman–Crippen MR) is 74.1 cm³/mol. The van der Waals surface area contributed by atoms with Crippen molar-refractivity contribution in [3.63, 3.8) is 0 Å². The average Bonchev–Trinajstić information content (AvgIpc) is 2.31. The number of ether oxygens (including phenoxy) is 1. The summed E-state index contributed by atoms with van der Waals surface area (Å²) >= 11 is 0. The Labute approximate surface area is 117 Å². The molecule has 1 rings (SSSR count). The van der Waals surface area contributed by atoms with Gasteiger partial charge in [0.2, 0.25) is 0 Å². The second-order valence-corrected chi connectivity index (χ2v) is 4.89. The normalized spacial score (nSPS) is 10.6. The smallest absolute Gasteiger partial charge is 0.313 e. The van der Waals surface area contributed by atoms with Crippen LogP contribution in [0, 0.1) is 5.82 Å². The number of carbonyl (C=O) groups excluding carboxylic acids is 2. The number of hydrogen-bond donors (Lipinski definition) is 2. The zero-order chi connectivity index (χ0) is 15.3. The van der Waals surface area contributed by atoms with Crippen molar-refractivity contribution in [2.45, 2.75) is 39.8 Å². The zero-order valence-corrected chi connectivity index (χ0v) is 12.0. The fourth-order valence-corrected chi connectivity index (χ4v) is 1.46.